The van der Waals surface area contributed by atoms with Gasteiger partial charge >= 0.3 is 7.82 Å². The maximum absolute atomic E-state index is 11.2. The number of anilines is 1. The quantitative estimate of drug-likeness (QED) is 0.399. The topological polar surface area (TPSA) is 162 Å². The number of ether oxygens (including phenoxy) is 2. The summed E-state index contributed by atoms with van der Waals surface area (Å²) < 4.78 is 29.7. The molecule has 5 N–H and O–H groups in total. The highest BCUT2D eigenvalue weighted by Crippen LogP contribution is 2.47. The lowest BCUT2D eigenvalue weighted by molar-refractivity contribution is -0.261. The molecule has 0 bridgehead atoms. The van der Waals surface area contributed by atoms with Gasteiger partial charge in [-0.3, -0.25) is 4.52 Å². The number of nitrogen functional groups attached to an aromatic ring is 1. The van der Waals surface area contributed by atoms with Gasteiger partial charge in [0.2, 0.25) is 0 Å². The summed E-state index contributed by atoms with van der Waals surface area (Å²) in [5, 5.41) is 10.9. The Hall–Kier alpha value is -1.59. The van der Waals surface area contributed by atoms with Crippen LogP contribution in [0.25, 0.3) is 11.0 Å². The minimum atomic E-state index is -4.70. The first-order valence-corrected chi connectivity index (χ1v) is 10.2. The van der Waals surface area contributed by atoms with Crippen LogP contribution in [0.1, 0.15) is 40.3 Å². The van der Waals surface area contributed by atoms with Gasteiger partial charge in [-0.05, 0) is 33.8 Å². The van der Waals surface area contributed by atoms with Crippen LogP contribution in [-0.2, 0) is 18.6 Å². The van der Waals surface area contributed by atoms with Crippen LogP contribution in [0.3, 0.4) is 0 Å². The molecule has 0 spiro atoms. The van der Waals surface area contributed by atoms with Crippen LogP contribution in [0.5, 0.6) is 0 Å². The van der Waals surface area contributed by atoms with Crippen LogP contribution >= 0.6 is 7.82 Å². The normalized spacial score (nSPS) is 27.4. The van der Waals surface area contributed by atoms with E-state index in [-0.39, 0.29) is 6.42 Å². The zero-order chi connectivity index (χ0) is 20.9. The zero-order valence-electron chi connectivity index (χ0n) is 16.0. The number of aliphatic hydroxyl groups is 1. The predicted molar refractivity (Wildman–Crippen MR) is 98.8 cm³/mol. The maximum Gasteiger partial charge on any atom is 0.469 e. The monoisotopic (exact) mass is 416 g/mol. The molecule has 0 radical (unpaired) electrons. The van der Waals surface area contributed by atoms with Crippen LogP contribution in [0.4, 0.5) is 5.82 Å². The molecule has 2 aromatic heterocycles. The standard InChI is InChI=1S/C16H25N4O7P/c1-9(26-28(22,23)24)11-7-16(4,27-15(2,3)21)14(25-11)20-6-5-10-12(17)18-8-19-13(10)20/h5-6,8-9,11,14,21H,7H2,1-4H3,(H2,17,18,19)(H2,22,23,24). The molecule has 28 heavy (non-hydrogen) atoms. The minimum absolute atomic E-state index is 0.211. The number of aromatic nitrogens is 3. The molecule has 0 aliphatic carbocycles. The van der Waals surface area contributed by atoms with Crippen molar-refractivity contribution >= 4 is 24.7 Å². The van der Waals surface area contributed by atoms with Gasteiger partial charge in [0, 0.05) is 12.6 Å². The van der Waals surface area contributed by atoms with E-state index in [0.717, 1.165) is 0 Å². The number of nitrogens with zero attached hydrogens (tertiary/aromatic N) is 3. The summed E-state index contributed by atoms with van der Waals surface area (Å²) in [6.07, 6.45) is 0.859. The Morgan fingerprint density at radius 3 is 2.75 bits per heavy atom. The Labute approximate surface area is 161 Å². The number of nitrogens with two attached hydrogens (primary N) is 1. The lowest BCUT2D eigenvalue weighted by Gasteiger charge is -2.36. The van der Waals surface area contributed by atoms with E-state index in [0.29, 0.717) is 16.9 Å². The van der Waals surface area contributed by atoms with Crippen LogP contribution < -0.4 is 5.73 Å². The predicted octanol–water partition coefficient (Wildman–Crippen LogP) is 1.30. The first-order chi connectivity index (χ1) is 12.8. The van der Waals surface area contributed by atoms with Crippen molar-refractivity contribution in [2.75, 3.05) is 5.73 Å². The minimum Gasteiger partial charge on any atom is -0.383 e. The van der Waals surface area contributed by atoms with E-state index in [4.69, 9.17) is 29.5 Å². The molecule has 11 nitrogen and oxygen atoms in total. The van der Waals surface area contributed by atoms with Gasteiger partial charge < -0.3 is 34.7 Å². The molecular weight excluding hydrogens is 391 g/mol. The van der Waals surface area contributed by atoms with Gasteiger partial charge in [-0.2, -0.15) is 0 Å². The largest absolute Gasteiger partial charge is 0.469 e. The van der Waals surface area contributed by atoms with Crippen molar-refractivity contribution in [3.05, 3.63) is 18.6 Å². The van der Waals surface area contributed by atoms with E-state index in [2.05, 4.69) is 9.97 Å². The second-order valence-corrected chi connectivity index (χ2v) is 8.80. The zero-order valence-corrected chi connectivity index (χ0v) is 16.9. The van der Waals surface area contributed by atoms with Gasteiger partial charge in [0.15, 0.2) is 12.0 Å². The first-order valence-electron chi connectivity index (χ1n) is 8.68. The summed E-state index contributed by atoms with van der Waals surface area (Å²) in [5.74, 6) is -1.17. The third-order valence-electron chi connectivity index (χ3n) is 4.54. The summed E-state index contributed by atoms with van der Waals surface area (Å²) in [5.41, 5.74) is 5.35. The molecular formula is C16H25N4O7P. The molecule has 4 unspecified atom stereocenters. The highest BCUT2D eigenvalue weighted by molar-refractivity contribution is 7.46. The summed E-state index contributed by atoms with van der Waals surface area (Å²) >= 11 is 0. The maximum atomic E-state index is 11.2. The molecule has 3 heterocycles. The average molecular weight is 416 g/mol. The fraction of sp³-hybridized carbons (Fsp3) is 0.625. The van der Waals surface area contributed by atoms with Gasteiger partial charge in [0.1, 0.15) is 23.4 Å². The van der Waals surface area contributed by atoms with Gasteiger partial charge in [-0.25, -0.2) is 14.5 Å². The summed E-state index contributed by atoms with van der Waals surface area (Å²) in [4.78, 5) is 26.4. The van der Waals surface area contributed by atoms with Gasteiger partial charge in [0.05, 0.1) is 17.6 Å². The molecule has 1 aliphatic rings. The van der Waals surface area contributed by atoms with Crippen molar-refractivity contribution in [1.82, 2.24) is 14.5 Å². The molecule has 3 rings (SSSR count). The van der Waals surface area contributed by atoms with Crippen LogP contribution in [0.2, 0.25) is 0 Å². The molecule has 0 amide bonds. The average Bonchev–Trinajstić information content (AvgIpc) is 3.05. The second-order valence-electron chi connectivity index (χ2n) is 7.61. The van der Waals surface area contributed by atoms with E-state index in [1.807, 2.05) is 0 Å². The molecule has 12 heteroatoms. The smallest absolute Gasteiger partial charge is 0.383 e. The fourth-order valence-electron chi connectivity index (χ4n) is 3.62. The lowest BCUT2D eigenvalue weighted by Crippen LogP contribution is -2.43. The number of phosphoric ester groups is 1. The van der Waals surface area contributed by atoms with Crippen molar-refractivity contribution in [2.45, 2.75) is 63.9 Å². The number of fused-ring (bicyclic) bond motifs is 1. The van der Waals surface area contributed by atoms with Crippen LogP contribution in [0, 0.1) is 0 Å². The van der Waals surface area contributed by atoms with Crippen molar-refractivity contribution in [3.8, 4) is 0 Å². The van der Waals surface area contributed by atoms with E-state index in [1.54, 1.807) is 23.8 Å². The van der Waals surface area contributed by atoms with Gasteiger partial charge in [-0.15, -0.1) is 0 Å². The van der Waals surface area contributed by atoms with E-state index in [1.165, 1.54) is 27.1 Å². The van der Waals surface area contributed by atoms with E-state index >= 15 is 0 Å². The molecule has 1 aliphatic heterocycles. The van der Waals surface area contributed by atoms with Crippen molar-refractivity contribution < 1.29 is 33.5 Å². The van der Waals surface area contributed by atoms with Gasteiger partial charge in [-0.1, -0.05) is 0 Å². The van der Waals surface area contributed by atoms with Crippen molar-refractivity contribution in [2.24, 2.45) is 0 Å². The third kappa shape index (κ3) is 4.36. The highest BCUT2D eigenvalue weighted by Gasteiger charge is 2.52. The Morgan fingerprint density at radius 1 is 1.46 bits per heavy atom. The lowest BCUT2D eigenvalue weighted by atomic mass is 9.97. The van der Waals surface area contributed by atoms with Crippen LogP contribution in [-0.4, -0.2) is 53.0 Å². The second kappa shape index (κ2) is 7.03. The molecule has 4 atom stereocenters. The number of phosphoric acid groups is 1. The Balaban J connectivity index is 2.00. The molecule has 0 saturated carbocycles. The molecule has 156 valence electrons. The summed E-state index contributed by atoms with van der Waals surface area (Å²) in [6.45, 7) is 6.24. The molecule has 0 aromatic carbocycles. The van der Waals surface area contributed by atoms with Crippen molar-refractivity contribution in [1.29, 1.82) is 0 Å². The summed E-state index contributed by atoms with van der Waals surface area (Å²) in [7, 11) is -4.70. The molecule has 2 aromatic rings. The molecule has 1 fully saturated rings. The Morgan fingerprint density at radius 2 is 2.14 bits per heavy atom. The first kappa shape index (κ1) is 21.1. The number of rotatable bonds is 6. The SMILES string of the molecule is CC(OP(=O)(O)O)C1CC(C)(OC(C)(C)O)C(n2ccc3c(N)ncnc32)O1. The van der Waals surface area contributed by atoms with Crippen molar-refractivity contribution in [3.63, 3.8) is 0 Å². The number of hydrogen-bond acceptors (Lipinski definition) is 8. The summed E-state index contributed by atoms with van der Waals surface area (Å²) in [6, 6.07) is 1.74. The molecule has 1 saturated heterocycles. The van der Waals surface area contributed by atoms with Crippen LogP contribution in [0.15, 0.2) is 18.6 Å². The van der Waals surface area contributed by atoms with E-state index in [9.17, 15) is 9.67 Å². The fourth-order valence-corrected chi connectivity index (χ4v) is 4.19. The highest BCUT2D eigenvalue weighted by atomic mass is 31.2. The Bertz CT molecular complexity index is 908. The number of hydrogen-bond donors (Lipinski definition) is 4. The third-order valence-corrected chi connectivity index (χ3v) is 5.14. The van der Waals surface area contributed by atoms with E-state index < -0.39 is 37.6 Å². The van der Waals surface area contributed by atoms with Gasteiger partial charge in [0.25, 0.3) is 0 Å². The Kier molecular flexibility index (Phi) is 5.30.